The van der Waals surface area contributed by atoms with E-state index in [0.717, 1.165) is 24.8 Å². The number of nitriles is 1. The average molecular weight is 487 g/mol. The standard InChI is InChI=1S/C26H28Cl2N2O3/c1-3-32-25-14-18(9-11-24(25)33-16-19-8-10-21(27)22(28)13-19)12-20(15-29)26(31)30-23-7-5-4-6-17(23)2/h8-14,17,23H,3-7,16H2,1-2H3,(H,30,31)/b20-12+/t17-,23+/m1/s1. The van der Waals surface area contributed by atoms with Crippen molar-refractivity contribution in [3.63, 3.8) is 0 Å². The highest BCUT2D eigenvalue weighted by molar-refractivity contribution is 6.42. The van der Waals surface area contributed by atoms with E-state index in [1.54, 1.807) is 36.4 Å². The van der Waals surface area contributed by atoms with E-state index in [2.05, 4.69) is 12.2 Å². The Kier molecular flexibility index (Phi) is 9.05. The van der Waals surface area contributed by atoms with Gasteiger partial charge < -0.3 is 14.8 Å². The molecule has 1 fully saturated rings. The minimum atomic E-state index is -0.339. The highest BCUT2D eigenvalue weighted by Crippen LogP contribution is 2.31. The molecule has 0 spiro atoms. The predicted molar refractivity (Wildman–Crippen MR) is 132 cm³/mol. The van der Waals surface area contributed by atoms with Crippen molar-refractivity contribution < 1.29 is 14.3 Å². The molecule has 7 heteroatoms. The number of amides is 1. The number of carbonyl (C=O) groups excluding carboxylic acids is 1. The molecule has 1 saturated carbocycles. The minimum Gasteiger partial charge on any atom is -0.490 e. The van der Waals surface area contributed by atoms with Gasteiger partial charge in [0.05, 0.1) is 16.7 Å². The van der Waals surface area contributed by atoms with Crippen LogP contribution in [0.15, 0.2) is 42.0 Å². The van der Waals surface area contributed by atoms with Crippen molar-refractivity contribution in [3.8, 4) is 17.6 Å². The summed E-state index contributed by atoms with van der Waals surface area (Å²) in [7, 11) is 0. The number of rotatable bonds is 8. The SMILES string of the molecule is CCOc1cc(/C=C(\C#N)C(=O)N[C@H]2CCCC[C@H]2C)ccc1OCc1ccc(Cl)c(Cl)c1. The molecule has 174 valence electrons. The number of halogens is 2. The van der Waals surface area contributed by atoms with E-state index >= 15 is 0 Å². The lowest BCUT2D eigenvalue weighted by Gasteiger charge is -2.29. The van der Waals surface area contributed by atoms with E-state index in [1.807, 2.05) is 19.1 Å². The monoisotopic (exact) mass is 486 g/mol. The number of benzene rings is 2. The molecule has 0 radical (unpaired) electrons. The van der Waals surface area contributed by atoms with Crippen molar-refractivity contribution in [2.24, 2.45) is 5.92 Å². The number of ether oxygens (including phenoxy) is 2. The van der Waals surface area contributed by atoms with E-state index in [0.29, 0.717) is 39.6 Å². The summed E-state index contributed by atoms with van der Waals surface area (Å²) in [5, 5.41) is 13.6. The lowest BCUT2D eigenvalue weighted by molar-refractivity contribution is -0.118. The average Bonchev–Trinajstić information content (AvgIpc) is 2.80. The van der Waals surface area contributed by atoms with Crippen molar-refractivity contribution in [2.45, 2.75) is 52.2 Å². The molecule has 3 rings (SSSR count). The van der Waals surface area contributed by atoms with Crippen LogP contribution in [0.4, 0.5) is 0 Å². The Morgan fingerprint density at radius 2 is 1.91 bits per heavy atom. The van der Waals surface area contributed by atoms with E-state index < -0.39 is 0 Å². The third-order valence-electron chi connectivity index (χ3n) is 5.75. The van der Waals surface area contributed by atoms with Gasteiger partial charge >= 0.3 is 0 Å². The summed E-state index contributed by atoms with van der Waals surface area (Å²) in [6, 6.07) is 12.8. The summed E-state index contributed by atoms with van der Waals surface area (Å²) in [6.07, 6.45) is 5.91. The molecular weight excluding hydrogens is 459 g/mol. The maximum Gasteiger partial charge on any atom is 0.262 e. The molecule has 1 aliphatic rings. The smallest absolute Gasteiger partial charge is 0.262 e. The van der Waals surface area contributed by atoms with Gasteiger partial charge in [0.15, 0.2) is 11.5 Å². The molecule has 2 aromatic carbocycles. The fraction of sp³-hybridized carbons (Fsp3) is 0.385. The zero-order valence-corrected chi connectivity index (χ0v) is 20.4. The number of hydrogen-bond donors (Lipinski definition) is 1. The second-order valence-electron chi connectivity index (χ2n) is 8.19. The van der Waals surface area contributed by atoms with E-state index in [1.165, 1.54) is 6.42 Å². The van der Waals surface area contributed by atoms with Gasteiger partial charge in [-0.1, -0.05) is 55.1 Å². The zero-order valence-electron chi connectivity index (χ0n) is 18.9. The molecule has 33 heavy (non-hydrogen) atoms. The molecule has 0 bridgehead atoms. The summed E-state index contributed by atoms with van der Waals surface area (Å²) in [4.78, 5) is 12.7. The number of nitrogens with one attached hydrogen (secondary N) is 1. The molecule has 5 nitrogen and oxygen atoms in total. The first-order chi connectivity index (χ1) is 15.9. The highest BCUT2D eigenvalue weighted by Gasteiger charge is 2.24. The quantitative estimate of drug-likeness (QED) is 0.338. The van der Waals surface area contributed by atoms with Crippen LogP contribution < -0.4 is 14.8 Å². The Labute approximate surface area is 205 Å². The molecule has 0 saturated heterocycles. The van der Waals surface area contributed by atoms with Gasteiger partial charge in [-0.2, -0.15) is 5.26 Å². The maximum atomic E-state index is 12.7. The molecule has 1 aliphatic carbocycles. The second-order valence-corrected chi connectivity index (χ2v) is 9.00. The maximum absolute atomic E-state index is 12.7. The number of carbonyl (C=O) groups is 1. The molecule has 2 atom stereocenters. The molecular formula is C26H28Cl2N2O3. The van der Waals surface area contributed by atoms with Gasteiger partial charge in [-0.3, -0.25) is 4.79 Å². The number of nitrogens with zero attached hydrogens (tertiary/aromatic N) is 1. The molecule has 0 aliphatic heterocycles. The summed E-state index contributed by atoms with van der Waals surface area (Å²) in [6.45, 7) is 4.76. The summed E-state index contributed by atoms with van der Waals surface area (Å²) in [5.41, 5.74) is 1.62. The van der Waals surface area contributed by atoms with Crippen molar-refractivity contribution in [2.75, 3.05) is 6.61 Å². The Hall–Kier alpha value is -2.68. The van der Waals surface area contributed by atoms with Gasteiger partial charge in [0.1, 0.15) is 18.2 Å². The minimum absolute atomic E-state index is 0.0692. The third-order valence-corrected chi connectivity index (χ3v) is 6.49. The second kappa shape index (κ2) is 12.0. The van der Waals surface area contributed by atoms with E-state index in [-0.39, 0.29) is 24.1 Å². The Morgan fingerprint density at radius 3 is 2.61 bits per heavy atom. The fourth-order valence-corrected chi connectivity index (χ4v) is 4.21. The highest BCUT2D eigenvalue weighted by atomic mass is 35.5. The first-order valence-electron chi connectivity index (χ1n) is 11.2. The third kappa shape index (κ3) is 6.90. The summed E-state index contributed by atoms with van der Waals surface area (Å²) >= 11 is 12.0. The Bertz CT molecular complexity index is 1060. The van der Waals surface area contributed by atoms with Crippen LogP contribution in [0.1, 0.15) is 50.7 Å². The van der Waals surface area contributed by atoms with Gasteiger partial charge in [0.25, 0.3) is 5.91 Å². The molecule has 1 amide bonds. The van der Waals surface area contributed by atoms with E-state index in [4.69, 9.17) is 32.7 Å². The van der Waals surface area contributed by atoms with Gasteiger partial charge in [-0.25, -0.2) is 0 Å². The molecule has 2 aromatic rings. The zero-order chi connectivity index (χ0) is 23.8. The molecule has 0 heterocycles. The van der Waals surface area contributed by atoms with Crippen LogP contribution in [0.2, 0.25) is 10.0 Å². The van der Waals surface area contributed by atoms with Gasteiger partial charge in [-0.05, 0) is 67.2 Å². The lowest BCUT2D eigenvalue weighted by Crippen LogP contribution is -2.41. The van der Waals surface area contributed by atoms with Crippen LogP contribution >= 0.6 is 23.2 Å². The van der Waals surface area contributed by atoms with Crippen LogP contribution in [-0.2, 0) is 11.4 Å². The topological polar surface area (TPSA) is 71.3 Å². The van der Waals surface area contributed by atoms with Crippen LogP contribution in [-0.4, -0.2) is 18.6 Å². The van der Waals surface area contributed by atoms with Crippen molar-refractivity contribution in [1.82, 2.24) is 5.32 Å². The van der Waals surface area contributed by atoms with Gasteiger partial charge in [-0.15, -0.1) is 0 Å². The van der Waals surface area contributed by atoms with Gasteiger partial charge in [0, 0.05) is 6.04 Å². The summed E-state index contributed by atoms with van der Waals surface area (Å²) in [5.74, 6) is 1.16. The Morgan fingerprint density at radius 1 is 1.12 bits per heavy atom. The first kappa shape index (κ1) is 25.0. The van der Waals surface area contributed by atoms with Crippen molar-refractivity contribution >= 4 is 35.2 Å². The van der Waals surface area contributed by atoms with Gasteiger partial charge in [0.2, 0.25) is 0 Å². The van der Waals surface area contributed by atoms with Crippen LogP contribution in [0, 0.1) is 17.2 Å². The summed E-state index contributed by atoms with van der Waals surface area (Å²) < 4.78 is 11.7. The Balaban J connectivity index is 1.74. The largest absolute Gasteiger partial charge is 0.490 e. The predicted octanol–water partition coefficient (Wildman–Crippen LogP) is 6.57. The lowest BCUT2D eigenvalue weighted by atomic mass is 9.86. The molecule has 0 aromatic heterocycles. The van der Waals surface area contributed by atoms with Crippen LogP contribution in [0.5, 0.6) is 11.5 Å². The fourth-order valence-electron chi connectivity index (χ4n) is 3.88. The molecule has 1 N–H and O–H groups in total. The normalized spacial score (nSPS) is 18.3. The van der Waals surface area contributed by atoms with E-state index in [9.17, 15) is 10.1 Å². The van der Waals surface area contributed by atoms with Crippen molar-refractivity contribution in [1.29, 1.82) is 5.26 Å². The first-order valence-corrected chi connectivity index (χ1v) is 11.9. The van der Waals surface area contributed by atoms with Crippen LogP contribution in [0.25, 0.3) is 6.08 Å². The van der Waals surface area contributed by atoms with Crippen LogP contribution in [0.3, 0.4) is 0 Å². The number of hydrogen-bond acceptors (Lipinski definition) is 4. The molecule has 0 unspecified atom stereocenters. The van der Waals surface area contributed by atoms with Crippen molar-refractivity contribution in [3.05, 3.63) is 63.1 Å².